The summed E-state index contributed by atoms with van der Waals surface area (Å²) < 4.78 is 26.1. The number of carbonyl (C=O) groups excluding carboxylic acids is 3. The molecule has 42 heavy (non-hydrogen) atoms. The first kappa shape index (κ1) is 33.6. The molecule has 1 aliphatic rings. The van der Waals surface area contributed by atoms with Gasteiger partial charge in [0.25, 0.3) is 0 Å². The van der Waals surface area contributed by atoms with Gasteiger partial charge in [0, 0.05) is 0 Å². The summed E-state index contributed by atoms with van der Waals surface area (Å²) in [6.07, 6.45) is 12.9. The molecule has 9 nitrogen and oxygen atoms in total. The molecule has 2 N–H and O–H groups in total. The summed E-state index contributed by atoms with van der Waals surface area (Å²) in [5.41, 5.74) is 1.04. The number of hydrogen-bond acceptors (Lipinski definition) is 8. The van der Waals surface area contributed by atoms with Crippen LogP contribution in [0.25, 0.3) is 0 Å². The SMILES string of the molecule is C#Cc1cccc(NC(=O)/C=C\C(=O)[O][Sn]([CH2]CCC)[O]C(=O)c2ccc3c(c2O)[O][Sn]([CH2]CCC)([CH2]CCC)[O]3)c1. The predicted octanol–water partition coefficient (Wildman–Crippen LogP) is 6.37. The molecular weight excluding hydrogens is 752 g/mol. The molecule has 0 unspecified atom stereocenters. The second-order valence-corrected chi connectivity index (χ2v) is 23.9. The molecular formula is C31H38NO8Sn2. The van der Waals surface area contributed by atoms with Crippen LogP contribution >= 0.6 is 0 Å². The van der Waals surface area contributed by atoms with Crippen LogP contribution in [0.3, 0.4) is 0 Å². The van der Waals surface area contributed by atoms with Crippen molar-refractivity contribution in [3.05, 3.63) is 59.7 Å². The quantitative estimate of drug-likeness (QED) is 0.122. The van der Waals surface area contributed by atoms with Gasteiger partial charge < -0.3 is 0 Å². The van der Waals surface area contributed by atoms with Gasteiger partial charge in [0.1, 0.15) is 0 Å². The third kappa shape index (κ3) is 9.59. The number of rotatable bonds is 15. The van der Waals surface area contributed by atoms with Crippen molar-refractivity contribution in [3.63, 3.8) is 0 Å². The topological polar surface area (TPSA) is 120 Å². The van der Waals surface area contributed by atoms with Crippen LogP contribution in [0.1, 0.15) is 75.2 Å². The number of fused-ring (bicyclic) bond motifs is 1. The van der Waals surface area contributed by atoms with E-state index in [1.165, 1.54) is 6.07 Å². The van der Waals surface area contributed by atoms with Crippen LogP contribution in [0.4, 0.5) is 5.69 Å². The van der Waals surface area contributed by atoms with Crippen molar-refractivity contribution in [2.45, 2.75) is 72.6 Å². The Labute approximate surface area is 260 Å². The number of unbranched alkanes of at least 4 members (excludes halogenated alkanes) is 3. The summed E-state index contributed by atoms with van der Waals surface area (Å²) in [7, 11) is 0. The van der Waals surface area contributed by atoms with E-state index < -0.39 is 57.6 Å². The van der Waals surface area contributed by atoms with Crippen molar-refractivity contribution in [1.82, 2.24) is 0 Å². The Morgan fingerprint density at radius 2 is 1.71 bits per heavy atom. The maximum atomic E-state index is 13.1. The fraction of sp³-hybridized carbons (Fsp3) is 0.387. The Hall–Kier alpha value is -2.85. The molecule has 0 spiro atoms. The van der Waals surface area contributed by atoms with Crippen molar-refractivity contribution in [2.75, 3.05) is 5.32 Å². The molecule has 1 aliphatic heterocycles. The zero-order valence-electron chi connectivity index (χ0n) is 24.4. The molecule has 11 heteroatoms. The zero-order chi connectivity index (χ0) is 30.5. The third-order valence-electron chi connectivity index (χ3n) is 6.54. The number of terminal acetylenes is 1. The van der Waals surface area contributed by atoms with Gasteiger partial charge in [-0.1, -0.05) is 0 Å². The van der Waals surface area contributed by atoms with Crippen LogP contribution in [-0.4, -0.2) is 62.7 Å². The van der Waals surface area contributed by atoms with Gasteiger partial charge in [0.2, 0.25) is 0 Å². The molecule has 0 atom stereocenters. The number of benzene rings is 2. The minimum absolute atomic E-state index is 0.0554. The molecule has 0 aliphatic carbocycles. The number of aromatic hydroxyl groups is 1. The normalized spacial score (nSPS) is 13.1. The molecule has 0 saturated heterocycles. The second-order valence-electron chi connectivity index (χ2n) is 9.94. The summed E-state index contributed by atoms with van der Waals surface area (Å²) in [6, 6.07) is 9.84. The first-order chi connectivity index (χ1) is 20.2. The van der Waals surface area contributed by atoms with E-state index in [-0.39, 0.29) is 17.1 Å². The molecule has 2 aromatic carbocycles. The van der Waals surface area contributed by atoms with Gasteiger partial charge in [-0.05, 0) is 0 Å². The van der Waals surface area contributed by atoms with Crippen LogP contribution in [-0.2, 0) is 15.7 Å². The monoisotopic (exact) mass is 792 g/mol. The fourth-order valence-corrected chi connectivity index (χ4v) is 18.9. The first-order valence-electron chi connectivity index (χ1n) is 14.3. The Morgan fingerprint density at radius 1 is 1.00 bits per heavy atom. The van der Waals surface area contributed by atoms with Gasteiger partial charge >= 0.3 is 262 Å². The molecule has 0 bridgehead atoms. The zero-order valence-corrected chi connectivity index (χ0v) is 30.1. The summed E-state index contributed by atoms with van der Waals surface area (Å²) in [6.45, 7) is 6.21. The average Bonchev–Trinajstić information content (AvgIpc) is 3.36. The molecule has 0 fully saturated rings. The van der Waals surface area contributed by atoms with E-state index in [1.54, 1.807) is 30.3 Å². The van der Waals surface area contributed by atoms with Crippen LogP contribution < -0.4 is 11.5 Å². The van der Waals surface area contributed by atoms with Gasteiger partial charge in [-0.15, -0.1) is 0 Å². The second kappa shape index (κ2) is 16.7. The number of nitrogens with one attached hydrogen (secondary N) is 1. The van der Waals surface area contributed by atoms with Crippen LogP contribution in [0.5, 0.6) is 17.2 Å². The first-order valence-corrected chi connectivity index (χ1v) is 25.0. The number of carbonyl (C=O) groups is 3. The summed E-state index contributed by atoms with van der Waals surface area (Å²) >= 11 is -7.02. The molecule has 2 aromatic rings. The van der Waals surface area contributed by atoms with Gasteiger partial charge in [0.05, 0.1) is 0 Å². The molecule has 223 valence electrons. The number of hydrogen-bond donors (Lipinski definition) is 2. The molecule has 0 aromatic heterocycles. The van der Waals surface area contributed by atoms with Crippen molar-refractivity contribution < 1.29 is 31.8 Å². The number of anilines is 1. The van der Waals surface area contributed by atoms with Crippen molar-refractivity contribution >= 4 is 63.3 Å². The Balaban J connectivity index is 1.66. The third-order valence-corrected chi connectivity index (χ3v) is 20.8. The Morgan fingerprint density at radius 3 is 2.38 bits per heavy atom. The van der Waals surface area contributed by atoms with E-state index in [0.29, 0.717) is 27.9 Å². The van der Waals surface area contributed by atoms with E-state index in [9.17, 15) is 19.5 Å². The van der Waals surface area contributed by atoms with Gasteiger partial charge in [-0.2, -0.15) is 0 Å². The van der Waals surface area contributed by atoms with Gasteiger partial charge in [-0.3, -0.25) is 0 Å². The van der Waals surface area contributed by atoms with Crippen LogP contribution in [0.2, 0.25) is 13.3 Å². The standard InChI is InChI=1S/C12H9NO3.C7H6O5.3C4H9.2Sn/c1-2-9-4-3-5-10(8-9)13-11(14)6-7-12(15)16;8-4-2-1-3(7(11)12)5(9)6(4)10;3*1-3-4-2;;/h1,3-8H,(H,13,14)(H,15,16);1-2,8-10H,(H,11,12);3*1,3-4H2,2H3;;/q;;;;;2*+2/p-4/b7-6-;;;;;;. The summed E-state index contributed by atoms with van der Waals surface area (Å²) in [4.78, 5) is 37.9. The van der Waals surface area contributed by atoms with Crippen LogP contribution in [0.15, 0.2) is 48.6 Å². The number of amides is 1. The van der Waals surface area contributed by atoms with Crippen molar-refractivity contribution in [1.29, 1.82) is 0 Å². The Bertz CT molecular complexity index is 1330. The van der Waals surface area contributed by atoms with E-state index in [0.717, 1.165) is 53.1 Å². The fourth-order valence-electron chi connectivity index (χ4n) is 4.29. The van der Waals surface area contributed by atoms with E-state index >= 15 is 0 Å². The van der Waals surface area contributed by atoms with Gasteiger partial charge in [0.15, 0.2) is 0 Å². The number of phenols is 1. The Kier molecular flexibility index (Phi) is 13.4. The molecule has 3 rings (SSSR count). The predicted molar refractivity (Wildman–Crippen MR) is 164 cm³/mol. The van der Waals surface area contributed by atoms with E-state index in [4.69, 9.17) is 18.7 Å². The summed E-state index contributed by atoms with van der Waals surface area (Å²) in [5, 5.41) is 13.6. The van der Waals surface area contributed by atoms with E-state index in [2.05, 4.69) is 25.1 Å². The van der Waals surface area contributed by atoms with Crippen molar-refractivity contribution in [2.24, 2.45) is 0 Å². The molecule has 1 radical (unpaired) electrons. The van der Waals surface area contributed by atoms with Crippen LogP contribution in [0, 0.1) is 12.3 Å². The molecule has 1 amide bonds. The van der Waals surface area contributed by atoms with E-state index in [1.807, 2.05) is 6.92 Å². The summed E-state index contributed by atoms with van der Waals surface area (Å²) in [5.74, 6) is 0.769. The number of phenolic OH excluding ortho intramolecular Hbond substituents is 1. The minimum atomic E-state index is -3.53. The molecule has 1 heterocycles. The van der Waals surface area contributed by atoms with Gasteiger partial charge in [-0.25, -0.2) is 0 Å². The maximum absolute atomic E-state index is 13.1. The van der Waals surface area contributed by atoms with Crippen molar-refractivity contribution in [3.8, 4) is 29.6 Å². The molecule has 0 saturated carbocycles. The average molecular weight is 790 g/mol.